The van der Waals surface area contributed by atoms with Gasteiger partial charge in [-0.15, -0.1) is 0 Å². The van der Waals surface area contributed by atoms with Crippen LogP contribution in [-0.2, 0) is 0 Å². The summed E-state index contributed by atoms with van der Waals surface area (Å²) in [5.41, 5.74) is 1.24. The first-order valence-corrected chi connectivity index (χ1v) is 7.40. The number of carbonyl (C=O) groups is 2. The van der Waals surface area contributed by atoms with Crippen molar-refractivity contribution in [2.24, 2.45) is 0 Å². The number of nitrogens with one attached hydrogen (secondary N) is 2. The molecular weight excluding hydrogens is 276 g/mol. The number of hydrogen-bond acceptors (Lipinski definition) is 2. The predicted octanol–water partition coefficient (Wildman–Crippen LogP) is 2.63. The molecule has 0 aliphatic carbocycles. The molecule has 1 unspecified atom stereocenters. The molecule has 0 spiro atoms. The first kappa shape index (κ1) is 15.8. The van der Waals surface area contributed by atoms with Gasteiger partial charge in [-0.2, -0.15) is 0 Å². The first-order chi connectivity index (χ1) is 10.7. The molecule has 4 heteroatoms. The van der Waals surface area contributed by atoms with Gasteiger partial charge < -0.3 is 10.6 Å². The molecule has 2 N–H and O–H groups in total. The van der Waals surface area contributed by atoms with Crippen molar-refractivity contribution in [2.75, 3.05) is 6.54 Å². The van der Waals surface area contributed by atoms with Crippen LogP contribution in [-0.4, -0.2) is 24.4 Å². The lowest BCUT2D eigenvalue weighted by molar-refractivity contribution is 0.0907. The van der Waals surface area contributed by atoms with Crippen LogP contribution in [0, 0.1) is 0 Å². The zero-order valence-corrected chi connectivity index (χ0v) is 12.6. The van der Waals surface area contributed by atoms with Crippen LogP contribution >= 0.6 is 0 Å². The first-order valence-electron chi connectivity index (χ1n) is 7.40. The molecule has 2 aromatic rings. The monoisotopic (exact) mass is 296 g/mol. The Morgan fingerprint density at radius 2 is 1.36 bits per heavy atom. The van der Waals surface area contributed by atoms with Crippen LogP contribution in [0.5, 0.6) is 0 Å². The van der Waals surface area contributed by atoms with Gasteiger partial charge in [0.1, 0.15) is 0 Å². The van der Waals surface area contributed by atoms with Crippen molar-refractivity contribution < 1.29 is 9.59 Å². The van der Waals surface area contributed by atoms with Gasteiger partial charge in [-0.25, -0.2) is 0 Å². The lowest BCUT2D eigenvalue weighted by Gasteiger charge is -2.17. The Labute approximate surface area is 130 Å². The summed E-state index contributed by atoms with van der Waals surface area (Å²) in [6, 6.07) is 18.0. The van der Waals surface area contributed by atoms with Crippen molar-refractivity contribution in [3.63, 3.8) is 0 Å². The highest BCUT2D eigenvalue weighted by Gasteiger charge is 2.13. The summed E-state index contributed by atoms with van der Waals surface area (Å²) >= 11 is 0. The molecule has 0 aliphatic rings. The van der Waals surface area contributed by atoms with E-state index in [2.05, 4.69) is 10.6 Å². The lowest BCUT2D eigenvalue weighted by atomic mass is 10.1. The van der Waals surface area contributed by atoms with Gasteiger partial charge >= 0.3 is 0 Å². The number of benzene rings is 2. The fraction of sp³-hybridized carbons (Fsp3) is 0.222. The van der Waals surface area contributed by atoms with Crippen molar-refractivity contribution in [1.82, 2.24) is 10.6 Å². The maximum absolute atomic E-state index is 12.1. The van der Waals surface area contributed by atoms with E-state index >= 15 is 0 Å². The number of carbonyl (C=O) groups excluding carboxylic acids is 2. The van der Waals surface area contributed by atoms with Gasteiger partial charge in [-0.05, 0) is 30.7 Å². The van der Waals surface area contributed by atoms with Crippen LogP contribution in [0.25, 0.3) is 0 Å². The third kappa shape index (κ3) is 4.45. The van der Waals surface area contributed by atoms with Gasteiger partial charge in [0.25, 0.3) is 11.8 Å². The third-order valence-electron chi connectivity index (χ3n) is 3.41. The predicted molar refractivity (Wildman–Crippen MR) is 86.8 cm³/mol. The van der Waals surface area contributed by atoms with Crippen molar-refractivity contribution in [3.8, 4) is 0 Å². The SMILES string of the molecule is CCC(CNC(=O)c1ccccc1)NC(=O)c1ccccc1. The summed E-state index contributed by atoms with van der Waals surface area (Å²) in [4.78, 5) is 24.1. The second kappa shape index (κ2) is 7.98. The topological polar surface area (TPSA) is 58.2 Å². The highest BCUT2D eigenvalue weighted by Crippen LogP contribution is 2.01. The average molecular weight is 296 g/mol. The maximum Gasteiger partial charge on any atom is 0.251 e. The minimum Gasteiger partial charge on any atom is -0.350 e. The van der Waals surface area contributed by atoms with Crippen LogP contribution in [0.1, 0.15) is 34.1 Å². The van der Waals surface area contributed by atoms with E-state index in [9.17, 15) is 9.59 Å². The molecule has 0 bridgehead atoms. The Bertz CT molecular complexity index is 611. The van der Waals surface area contributed by atoms with Crippen LogP contribution in [0.4, 0.5) is 0 Å². The van der Waals surface area contributed by atoms with Gasteiger partial charge in [-0.3, -0.25) is 9.59 Å². The average Bonchev–Trinajstić information content (AvgIpc) is 2.59. The highest BCUT2D eigenvalue weighted by atomic mass is 16.2. The molecule has 0 heterocycles. The summed E-state index contributed by atoms with van der Waals surface area (Å²) in [5, 5.41) is 5.79. The summed E-state index contributed by atoms with van der Waals surface area (Å²) < 4.78 is 0. The summed E-state index contributed by atoms with van der Waals surface area (Å²) in [6.07, 6.45) is 0.744. The van der Waals surface area contributed by atoms with Gasteiger partial charge in [-0.1, -0.05) is 43.3 Å². The van der Waals surface area contributed by atoms with Crippen molar-refractivity contribution in [3.05, 3.63) is 71.8 Å². The molecule has 22 heavy (non-hydrogen) atoms. The van der Waals surface area contributed by atoms with Crippen molar-refractivity contribution >= 4 is 11.8 Å². The van der Waals surface area contributed by atoms with E-state index in [0.29, 0.717) is 17.7 Å². The minimum absolute atomic E-state index is 0.0969. The van der Waals surface area contributed by atoms with E-state index < -0.39 is 0 Å². The molecular formula is C18H20N2O2. The molecule has 0 aromatic heterocycles. The van der Waals surface area contributed by atoms with Gasteiger partial charge in [0.05, 0.1) is 0 Å². The fourth-order valence-electron chi connectivity index (χ4n) is 2.06. The number of amides is 2. The van der Waals surface area contributed by atoms with Gasteiger partial charge in [0.2, 0.25) is 0 Å². The molecule has 2 amide bonds. The minimum atomic E-state index is -0.131. The molecule has 2 rings (SSSR count). The molecule has 4 nitrogen and oxygen atoms in total. The van der Waals surface area contributed by atoms with Gasteiger partial charge in [0.15, 0.2) is 0 Å². The van der Waals surface area contributed by atoms with E-state index in [1.165, 1.54) is 0 Å². The van der Waals surface area contributed by atoms with Crippen LogP contribution in [0.3, 0.4) is 0 Å². The smallest absolute Gasteiger partial charge is 0.251 e. The van der Waals surface area contributed by atoms with Crippen molar-refractivity contribution in [2.45, 2.75) is 19.4 Å². The van der Waals surface area contributed by atoms with Crippen LogP contribution in [0.15, 0.2) is 60.7 Å². The molecule has 0 saturated carbocycles. The third-order valence-corrected chi connectivity index (χ3v) is 3.41. The number of rotatable bonds is 6. The Balaban J connectivity index is 1.87. The Morgan fingerprint density at radius 1 is 0.864 bits per heavy atom. The van der Waals surface area contributed by atoms with Gasteiger partial charge in [0, 0.05) is 23.7 Å². The second-order valence-corrected chi connectivity index (χ2v) is 5.02. The van der Waals surface area contributed by atoms with E-state index in [-0.39, 0.29) is 17.9 Å². The summed E-state index contributed by atoms with van der Waals surface area (Å²) in [7, 11) is 0. The lowest BCUT2D eigenvalue weighted by Crippen LogP contribution is -2.43. The quantitative estimate of drug-likeness (QED) is 0.861. The Kier molecular flexibility index (Phi) is 5.72. The van der Waals surface area contributed by atoms with Crippen LogP contribution < -0.4 is 10.6 Å². The van der Waals surface area contributed by atoms with E-state index in [0.717, 1.165) is 6.42 Å². The molecule has 0 saturated heterocycles. The van der Waals surface area contributed by atoms with Crippen molar-refractivity contribution in [1.29, 1.82) is 0 Å². The number of hydrogen-bond donors (Lipinski definition) is 2. The fourth-order valence-corrected chi connectivity index (χ4v) is 2.06. The Hall–Kier alpha value is -2.62. The second-order valence-electron chi connectivity index (χ2n) is 5.02. The molecule has 1 atom stereocenters. The molecule has 0 radical (unpaired) electrons. The molecule has 0 aliphatic heterocycles. The largest absolute Gasteiger partial charge is 0.350 e. The van der Waals surface area contributed by atoms with Crippen LogP contribution in [0.2, 0.25) is 0 Å². The highest BCUT2D eigenvalue weighted by molar-refractivity contribution is 5.95. The normalized spacial score (nSPS) is 11.5. The maximum atomic E-state index is 12.1. The summed E-state index contributed by atoms with van der Waals surface area (Å²) in [5.74, 6) is -0.255. The van der Waals surface area contributed by atoms with E-state index in [1.807, 2.05) is 43.3 Å². The Morgan fingerprint density at radius 3 is 1.86 bits per heavy atom. The molecule has 114 valence electrons. The molecule has 0 fully saturated rings. The standard InChI is InChI=1S/C18H20N2O2/c1-2-16(20-18(22)15-11-7-4-8-12-15)13-19-17(21)14-9-5-3-6-10-14/h3-12,16H,2,13H2,1H3,(H,19,21)(H,20,22). The molecule has 2 aromatic carbocycles. The zero-order chi connectivity index (χ0) is 15.8. The van der Waals surface area contributed by atoms with E-state index in [4.69, 9.17) is 0 Å². The summed E-state index contributed by atoms with van der Waals surface area (Å²) in [6.45, 7) is 2.38. The zero-order valence-electron chi connectivity index (χ0n) is 12.6. The van der Waals surface area contributed by atoms with E-state index in [1.54, 1.807) is 24.3 Å².